The van der Waals surface area contributed by atoms with Crippen LogP contribution < -0.4 is 10.6 Å². The molecule has 0 aliphatic carbocycles. The summed E-state index contributed by atoms with van der Waals surface area (Å²) in [7, 11) is 5.63. The number of nitrogens with zero attached hydrogens (tertiary/aromatic N) is 1. The minimum Gasteiger partial charge on any atom is -0.383 e. The largest absolute Gasteiger partial charge is 0.383 e. The maximum absolute atomic E-state index is 11.1. The van der Waals surface area contributed by atoms with Crippen LogP contribution in [0.1, 0.15) is 6.42 Å². The number of urea groups is 1. The number of rotatable bonds is 7. The highest BCUT2D eigenvalue weighted by molar-refractivity contribution is 5.73. The summed E-state index contributed by atoms with van der Waals surface area (Å²) in [4.78, 5) is 13.2. The van der Waals surface area contributed by atoms with Gasteiger partial charge in [0.25, 0.3) is 0 Å². The minimum absolute atomic E-state index is 0.124. The fraction of sp³-hybridized carbons (Fsp3) is 0.889. The molecule has 0 heterocycles. The Labute approximate surface area is 85.8 Å². The lowest BCUT2D eigenvalue weighted by molar-refractivity contribution is 0.196. The molecule has 0 radical (unpaired) electrons. The van der Waals surface area contributed by atoms with E-state index >= 15 is 0 Å². The van der Waals surface area contributed by atoms with Crippen molar-refractivity contribution in [3.05, 3.63) is 0 Å². The van der Waals surface area contributed by atoms with E-state index in [0.717, 1.165) is 13.0 Å². The monoisotopic (exact) mass is 203 g/mol. The number of nitrogens with one attached hydrogen (secondary N) is 2. The van der Waals surface area contributed by atoms with Crippen LogP contribution in [-0.4, -0.2) is 58.4 Å². The normalized spacial score (nSPS) is 10.3. The van der Waals surface area contributed by atoms with Gasteiger partial charge in [-0.3, -0.25) is 0 Å². The first kappa shape index (κ1) is 13.2. The molecule has 0 spiro atoms. The van der Waals surface area contributed by atoms with E-state index in [1.54, 1.807) is 7.11 Å². The first-order valence-electron chi connectivity index (χ1n) is 4.82. The molecule has 0 aromatic heterocycles. The van der Waals surface area contributed by atoms with Crippen molar-refractivity contribution >= 4 is 6.03 Å². The second-order valence-corrected chi connectivity index (χ2v) is 3.33. The molecule has 0 atom stereocenters. The van der Waals surface area contributed by atoms with Gasteiger partial charge in [0, 0.05) is 20.2 Å². The van der Waals surface area contributed by atoms with E-state index in [1.165, 1.54) is 0 Å². The summed E-state index contributed by atoms with van der Waals surface area (Å²) >= 11 is 0. The van der Waals surface area contributed by atoms with Crippen molar-refractivity contribution in [1.82, 2.24) is 15.5 Å². The van der Waals surface area contributed by atoms with Crippen LogP contribution in [0, 0.1) is 0 Å². The van der Waals surface area contributed by atoms with Gasteiger partial charge in [0.1, 0.15) is 0 Å². The van der Waals surface area contributed by atoms with E-state index < -0.39 is 0 Å². The molecule has 0 bridgehead atoms. The zero-order chi connectivity index (χ0) is 10.8. The predicted octanol–water partition coefficient (Wildman–Crippen LogP) is -0.116. The van der Waals surface area contributed by atoms with E-state index in [1.807, 2.05) is 14.1 Å². The third kappa shape index (κ3) is 9.28. The molecule has 0 aromatic rings. The lowest BCUT2D eigenvalue weighted by Gasteiger charge is -2.10. The molecule has 0 aliphatic heterocycles. The van der Waals surface area contributed by atoms with Crippen LogP contribution in [0.25, 0.3) is 0 Å². The number of carbonyl (C=O) groups is 1. The van der Waals surface area contributed by atoms with Crippen LogP contribution >= 0.6 is 0 Å². The third-order valence-corrected chi connectivity index (χ3v) is 1.66. The highest BCUT2D eigenvalue weighted by atomic mass is 16.5. The van der Waals surface area contributed by atoms with E-state index in [9.17, 15) is 4.79 Å². The van der Waals surface area contributed by atoms with Gasteiger partial charge in [0.05, 0.1) is 6.61 Å². The molecule has 84 valence electrons. The number of hydrogen-bond donors (Lipinski definition) is 2. The quantitative estimate of drug-likeness (QED) is 0.567. The van der Waals surface area contributed by atoms with Gasteiger partial charge < -0.3 is 20.3 Å². The van der Waals surface area contributed by atoms with E-state index in [2.05, 4.69) is 15.5 Å². The first-order valence-corrected chi connectivity index (χ1v) is 4.82. The van der Waals surface area contributed by atoms with Crippen LogP contribution in [-0.2, 0) is 4.74 Å². The van der Waals surface area contributed by atoms with Crippen molar-refractivity contribution < 1.29 is 9.53 Å². The number of carbonyl (C=O) groups excluding carboxylic acids is 1. The maximum atomic E-state index is 11.1. The summed E-state index contributed by atoms with van der Waals surface area (Å²) in [5, 5.41) is 5.45. The summed E-state index contributed by atoms with van der Waals surface area (Å²) in [5.74, 6) is 0. The Bertz CT molecular complexity index is 151. The van der Waals surface area contributed by atoms with E-state index in [4.69, 9.17) is 4.74 Å². The van der Waals surface area contributed by atoms with Gasteiger partial charge in [-0.25, -0.2) is 4.79 Å². The topological polar surface area (TPSA) is 53.6 Å². The minimum atomic E-state index is -0.124. The Balaban J connectivity index is 3.18. The fourth-order valence-corrected chi connectivity index (χ4v) is 0.926. The smallest absolute Gasteiger partial charge is 0.314 e. The van der Waals surface area contributed by atoms with Gasteiger partial charge in [-0.1, -0.05) is 0 Å². The van der Waals surface area contributed by atoms with Crippen LogP contribution in [0.4, 0.5) is 4.79 Å². The number of hydrogen-bond acceptors (Lipinski definition) is 3. The predicted molar refractivity (Wildman–Crippen MR) is 56.4 cm³/mol. The zero-order valence-corrected chi connectivity index (χ0v) is 9.30. The van der Waals surface area contributed by atoms with Gasteiger partial charge in [-0.2, -0.15) is 0 Å². The summed E-state index contributed by atoms with van der Waals surface area (Å²) < 4.78 is 4.80. The van der Waals surface area contributed by atoms with Crippen molar-refractivity contribution in [2.45, 2.75) is 6.42 Å². The standard InChI is InChI=1S/C9H21N3O2/c1-12(2)7-4-5-10-9(13)11-6-8-14-3/h4-8H2,1-3H3,(H2,10,11,13). The van der Waals surface area contributed by atoms with Gasteiger partial charge >= 0.3 is 6.03 Å². The van der Waals surface area contributed by atoms with Crippen LogP contribution in [0.3, 0.4) is 0 Å². The average molecular weight is 203 g/mol. The number of ether oxygens (including phenoxy) is 1. The van der Waals surface area contributed by atoms with Gasteiger partial charge in [-0.05, 0) is 27.1 Å². The molecule has 0 saturated heterocycles. The third-order valence-electron chi connectivity index (χ3n) is 1.66. The van der Waals surface area contributed by atoms with Crippen molar-refractivity contribution in [3.63, 3.8) is 0 Å². The van der Waals surface area contributed by atoms with E-state index in [-0.39, 0.29) is 6.03 Å². The Morgan fingerprint density at radius 1 is 1.29 bits per heavy atom. The van der Waals surface area contributed by atoms with E-state index in [0.29, 0.717) is 19.7 Å². The van der Waals surface area contributed by atoms with Crippen molar-refractivity contribution in [3.8, 4) is 0 Å². The molecular weight excluding hydrogens is 182 g/mol. The average Bonchev–Trinajstić information content (AvgIpc) is 2.13. The molecule has 0 aromatic carbocycles. The molecule has 0 unspecified atom stereocenters. The summed E-state index contributed by atoms with van der Waals surface area (Å²) in [6, 6.07) is -0.124. The molecule has 5 nitrogen and oxygen atoms in total. The molecule has 0 saturated carbocycles. The molecule has 2 N–H and O–H groups in total. The summed E-state index contributed by atoms with van der Waals surface area (Å²) in [5.41, 5.74) is 0. The lowest BCUT2D eigenvalue weighted by atomic mass is 10.4. The van der Waals surface area contributed by atoms with Crippen LogP contribution in [0.5, 0.6) is 0 Å². The second-order valence-electron chi connectivity index (χ2n) is 3.33. The Morgan fingerprint density at radius 2 is 1.93 bits per heavy atom. The Hall–Kier alpha value is -0.810. The van der Waals surface area contributed by atoms with Gasteiger partial charge in [-0.15, -0.1) is 0 Å². The summed E-state index contributed by atoms with van der Waals surface area (Å²) in [6.07, 6.45) is 0.963. The highest BCUT2D eigenvalue weighted by Crippen LogP contribution is 1.80. The molecule has 0 rings (SSSR count). The van der Waals surface area contributed by atoms with Crippen molar-refractivity contribution in [2.24, 2.45) is 0 Å². The van der Waals surface area contributed by atoms with Crippen LogP contribution in [0.15, 0.2) is 0 Å². The lowest BCUT2D eigenvalue weighted by Crippen LogP contribution is -2.38. The van der Waals surface area contributed by atoms with Crippen LogP contribution in [0.2, 0.25) is 0 Å². The number of methoxy groups -OCH3 is 1. The molecule has 14 heavy (non-hydrogen) atoms. The Morgan fingerprint density at radius 3 is 2.50 bits per heavy atom. The van der Waals surface area contributed by atoms with Crippen molar-refractivity contribution in [1.29, 1.82) is 0 Å². The van der Waals surface area contributed by atoms with Gasteiger partial charge in [0.2, 0.25) is 0 Å². The number of amides is 2. The molecular formula is C9H21N3O2. The van der Waals surface area contributed by atoms with Crippen molar-refractivity contribution in [2.75, 3.05) is 47.4 Å². The summed E-state index contributed by atoms with van der Waals surface area (Å²) in [6.45, 7) is 2.79. The maximum Gasteiger partial charge on any atom is 0.314 e. The first-order chi connectivity index (χ1) is 6.66. The molecule has 0 aliphatic rings. The highest BCUT2D eigenvalue weighted by Gasteiger charge is 1.97. The molecule has 5 heteroatoms. The second kappa shape index (κ2) is 8.77. The fourth-order valence-electron chi connectivity index (χ4n) is 0.926. The zero-order valence-electron chi connectivity index (χ0n) is 9.30. The molecule has 2 amide bonds. The van der Waals surface area contributed by atoms with Gasteiger partial charge in [0.15, 0.2) is 0 Å². The SMILES string of the molecule is COCCNC(=O)NCCCN(C)C. The molecule has 0 fully saturated rings. The Kier molecular flexibility index (Phi) is 8.27.